The monoisotopic (exact) mass is 304 g/mol. The molecule has 22 heavy (non-hydrogen) atoms. The molecule has 120 valence electrons. The molecule has 2 rings (SSSR count). The SMILES string of the molecule is CC(C(=O)O)N(C)Cc1cccc(C(=O)N2CCCCC2)c1. The van der Waals surface area contributed by atoms with Crippen LogP contribution in [0.2, 0.25) is 0 Å². The highest BCUT2D eigenvalue weighted by molar-refractivity contribution is 5.94. The van der Waals surface area contributed by atoms with E-state index in [0.717, 1.165) is 31.5 Å². The molecule has 0 aliphatic carbocycles. The topological polar surface area (TPSA) is 60.9 Å². The van der Waals surface area contributed by atoms with Crippen molar-refractivity contribution in [2.24, 2.45) is 0 Å². The highest BCUT2D eigenvalue weighted by atomic mass is 16.4. The van der Waals surface area contributed by atoms with Crippen molar-refractivity contribution in [1.29, 1.82) is 0 Å². The van der Waals surface area contributed by atoms with Crippen molar-refractivity contribution in [3.05, 3.63) is 35.4 Å². The molecule has 1 aromatic carbocycles. The number of carboxylic acid groups (broad SMARTS) is 1. The van der Waals surface area contributed by atoms with Crippen LogP contribution in [0.15, 0.2) is 24.3 Å². The zero-order valence-electron chi connectivity index (χ0n) is 13.3. The minimum Gasteiger partial charge on any atom is -0.480 e. The molecule has 1 aliphatic rings. The molecular formula is C17H24N2O3. The van der Waals surface area contributed by atoms with Gasteiger partial charge in [0.2, 0.25) is 0 Å². The fraction of sp³-hybridized carbons (Fsp3) is 0.529. The van der Waals surface area contributed by atoms with Gasteiger partial charge in [-0.05, 0) is 50.9 Å². The molecule has 1 saturated heterocycles. The number of benzene rings is 1. The van der Waals surface area contributed by atoms with Gasteiger partial charge in [0.15, 0.2) is 0 Å². The molecule has 1 heterocycles. The van der Waals surface area contributed by atoms with E-state index in [9.17, 15) is 9.59 Å². The summed E-state index contributed by atoms with van der Waals surface area (Å²) in [6.45, 7) is 3.83. The predicted molar refractivity (Wildman–Crippen MR) is 84.8 cm³/mol. The second kappa shape index (κ2) is 7.40. The molecule has 1 aromatic rings. The maximum absolute atomic E-state index is 12.5. The minimum atomic E-state index is -0.844. The fourth-order valence-corrected chi connectivity index (χ4v) is 2.70. The van der Waals surface area contributed by atoms with Gasteiger partial charge < -0.3 is 10.0 Å². The standard InChI is InChI=1S/C17H24N2O3/c1-13(17(21)22)18(2)12-14-7-6-8-15(11-14)16(20)19-9-4-3-5-10-19/h6-8,11,13H,3-5,9-10,12H2,1-2H3,(H,21,22). The number of nitrogens with zero attached hydrogens (tertiary/aromatic N) is 2. The number of carbonyl (C=O) groups is 2. The summed E-state index contributed by atoms with van der Waals surface area (Å²) in [6.07, 6.45) is 3.34. The summed E-state index contributed by atoms with van der Waals surface area (Å²) in [4.78, 5) is 27.2. The van der Waals surface area contributed by atoms with Gasteiger partial charge in [0, 0.05) is 25.2 Å². The maximum Gasteiger partial charge on any atom is 0.320 e. The number of hydrogen-bond acceptors (Lipinski definition) is 3. The van der Waals surface area contributed by atoms with Crippen LogP contribution in [0.1, 0.15) is 42.1 Å². The Kier molecular flexibility index (Phi) is 5.55. The highest BCUT2D eigenvalue weighted by Gasteiger charge is 2.20. The van der Waals surface area contributed by atoms with Crippen molar-refractivity contribution < 1.29 is 14.7 Å². The van der Waals surface area contributed by atoms with E-state index in [0.29, 0.717) is 12.1 Å². The predicted octanol–water partition coefficient (Wildman–Crippen LogP) is 2.22. The van der Waals surface area contributed by atoms with E-state index < -0.39 is 12.0 Å². The lowest BCUT2D eigenvalue weighted by molar-refractivity contribution is -0.142. The van der Waals surface area contributed by atoms with Gasteiger partial charge in [-0.25, -0.2) is 0 Å². The number of carbonyl (C=O) groups excluding carboxylic acids is 1. The van der Waals surface area contributed by atoms with E-state index in [2.05, 4.69) is 0 Å². The van der Waals surface area contributed by atoms with Crippen molar-refractivity contribution in [2.75, 3.05) is 20.1 Å². The van der Waals surface area contributed by atoms with E-state index in [1.807, 2.05) is 29.2 Å². The molecule has 5 heteroatoms. The van der Waals surface area contributed by atoms with E-state index >= 15 is 0 Å². The summed E-state index contributed by atoms with van der Waals surface area (Å²) >= 11 is 0. The van der Waals surface area contributed by atoms with Crippen LogP contribution >= 0.6 is 0 Å². The maximum atomic E-state index is 12.5. The number of aliphatic carboxylic acids is 1. The summed E-state index contributed by atoms with van der Waals surface area (Å²) in [5.41, 5.74) is 1.65. The van der Waals surface area contributed by atoms with Crippen molar-refractivity contribution in [1.82, 2.24) is 9.80 Å². The Labute approximate surface area is 131 Å². The minimum absolute atomic E-state index is 0.0792. The number of piperidine rings is 1. The van der Waals surface area contributed by atoms with Crippen molar-refractivity contribution in [3.8, 4) is 0 Å². The van der Waals surface area contributed by atoms with Crippen LogP contribution in [0, 0.1) is 0 Å². The third kappa shape index (κ3) is 4.07. The second-order valence-electron chi connectivity index (χ2n) is 5.98. The molecule has 1 unspecified atom stereocenters. The number of carboxylic acids is 1. The number of likely N-dealkylation sites (N-methyl/N-ethyl adjacent to an activating group) is 1. The molecule has 0 spiro atoms. The molecule has 1 atom stereocenters. The average molecular weight is 304 g/mol. The number of likely N-dealkylation sites (tertiary alicyclic amines) is 1. The summed E-state index contributed by atoms with van der Waals surface area (Å²) in [6, 6.07) is 6.95. The van der Waals surface area contributed by atoms with Gasteiger partial charge in [-0.1, -0.05) is 12.1 Å². The number of amides is 1. The Balaban J connectivity index is 2.06. The first kappa shape index (κ1) is 16.5. The lowest BCUT2D eigenvalue weighted by atomic mass is 10.1. The first-order chi connectivity index (χ1) is 10.5. The third-order valence-corrected chi connectivity index (χ3v) is 4.27. The molecule has 0 aromatic heterocycles. The average Bonchev–Trinajstić information content (AvgIpc) is 2.54. The molecule has 0 bridgehead atoms. The third-order valence-electron chi connectivity index (χ3n) is 4.27. The molecule has 5 nitrogen and oxygen atoms in total. The smallest absolute Gasteiger partial charge is 0.320 e. The molecule has 0 radical (unpaired) electrons. The largest absolute Gasteiger partial charge is 0.480 e. The summed E-state index contributed by atoms with van der Waals surface area (Å²) in [5.74, 6) is -0.765. The van der Waals surface area contributed by atoms with Gasteiger partial charge >= 0.3 is 5.97 Å². The van der Waals surface area contributed by atoms with Crippen LogP contribution < -0.4 is 0 Å². The highest BCUT2D eigenvalue weighted by Crippen LogP contribution is 2.15. The molecule has 1 amide bonds. The first-order valence-corrected chi connectivity index (χ1v) is 7.80. The Bertz CT molecular complexity index is 538. The quantitative estimate of drug-likeness (QED) is 0.906. The van der Waals surface area contributed by atoms with Gasteiger partial charge in [0.1, 0.15) is 6.04 Å². The normalized spacial score (nSPS) is 16.6. The lowest BCUT2D eigenvalue weighted by Gasteiger charge is -2.27. The van der Waals surface area contributed by atoms with Crippen molar-refractivity contribution in [3.63, 3.8) is 0 Å². The van der Waals surface area contributed by atoms with E-state index in [-0.39, 0.29) is 5.91 Å². The molecular weight excluding hydrogens is 280 g/mol. The zero-order valence-corrected chi connectivity index (χ0v) is 13.3. The second-order valence-corrected chi connectivity index (χ2v) is 5.98. The van der Waals surface area contributed by atoms with Gasteiger partial charge in [-0.15, -0.1) is 0 Å². The number of hydrogen-bond donors (Lipinski definition) is 1. The lowest BCUT2D eigenvalue weighted by Crippen LogP contribution is -2.36. The molecule has 1 aliphatic heterocycles. The van der Waals surface area contributed by atoms with Gasteiger partial charge in [-0.2, -0.15) is 0 Å². The van der Waals surface area contributed by atoms with E-state index in [1.165, 1.54) is 6.42 Å². The molecule has 1 fully saturated rings. The van der Waals surface area contributed by atoms with Crippen LogP contribution in [-0.2, 0) is 11.3 Å². The van der Waals surface area contributed by atoms with Crippen LogP contribution in [0.3, 0.4) is 0 Å². The Morgan fingerprint density at radius 1 is 1.27 bits per heavy atom. The van der Waals surface area contributed by atoms with E-state index in [1.54, 1.807) is 18.9 Å². The van der Waals surface area contributed by atoms with Crippen LogP contribution in [0.5, 0.6) is 0 Å². The summed E-state index contributed by atoms with van der Waals surface area (Å²) < 4.78 is 0. The van der Waals surface area contributed by atoms with Crippen molar-refractivity contribution >= 4 is 11.9 Å². The van der Waals surface area contributed by atoms with Crippen LogP contribution in [-0.4, -0.2) is 53.0 Å². The van der Waals surface area contributed by atoms with Gasteiger partial charge in [0.05, 0.1) is 0 Å². The van der Waals surface area contributed by atoms with Crippen molar-refractivity contribution in [2.45, 2.75) is 38.8 Å². The Hall–Kier alpha value is -1.88. The Morgan fingerprint density at radius 2 is 1.95 bits per heavy atom. The summed E-state index contributed by atoms with van der Waals surface area (Å²) in [7, 11) is 1.78. The van der Waals surface area contributed by atoms with Crippen LogP contribution in [0.25, 0.3) is 0 Å². The van der Waals surface area contributed by atoms with Crippen LogP contribution in [0.4, 0.5) is 0 Å². The Morgan fingerprint density at radius 3 is 2.59 bits per heavy atom. The molecule has 0 saturated carbocycles. The zero-order chi connectivity index (χ0) is 16.1. The molecule has 1 N–H and O–H groups in total. The first-order valence-electron chi connectivity index (χ1n) is 7.80. The van der Waals surface area contributed by atoms with E-state index in [4.69, 9.17) is 5.11 Å². The van der Waals surface area contributed by atoms with Gasteiger partial charge in [-0.3, -0.25) is 14.5 Å². The fourth-order valence-electron chi connectivity index (χ4n) is 2.70. The number of rotatable bonds is 5. The summed E-state index contributed by atoms with van der Waals surface area (Å²) in [5, 5.41) is 9.04. The van der Waals surface area contributed by atoms with Gasteiger partial charge in [0.25, 0.3) is 5.91 Å².